The van der Waals surface area contributed by atoms with E-state index in [0.29, 0.717) is 28.5 Å². The van der Waals surface area contributed by atoms with Crippen LogP contribution in [0.1, 0.15) is 10.4 Å². The number of nitrogens with one attached hydrogen (secondary N) is 2. The second-order valence-electron chi connectivity index (χ2n) is 5.82. The molecule has 2 amide bonds. The van der Waals surface area contributed by atoms with E-state index in [1.54, 1.807) is 48.4 Å². The number of ether oxygens (including phenoxy) is 1. The highest BCUT2D eigenvalue weighted by Crippen LogP contribution is 2.29. The molecule has 1 aliphatic heterocycles. The fourth-order valence-electron chi connectivity index (χ4n) is 2.64. The van der Waals surface area contributed by atoms with Gasteiger partial charge in [0.25, 0.3) is 11.8 Å². The van der Waals surface area contributed by atoms with Crippen LogP contribution >= 0.6 is 0 Å². The van der Waals surface area contributed by atoms with E-state index in [2.05, 4.69) is 20.7 Å². The zero-order valence-corrected chi connectivity index (χ0v) is 13.9. The largest absolute Gasteiger partial charge is 0.482 e. The van der Waals surface area contributed by atoms with Crippen LogP contribution in [0, 0.1) is 0 Å². The molecule has 0 radical (unpaired) electrons. The monoisotopic (exact) mass is 349 g/mol. The van der Waals surface area contributed by atoms with Crippen molar-refractivity contribution in [2.24, 2.45) is 7.05 Å². The number of nitrogens with zero attached hydrogens (tertiary/aromatic N) is 3. The van der Waals surface area contributed by atoms with Crippen LogP contribution in [-0.2, 0) is 11.8 Å². The molecule has 8 nitrogen and oxygen atoms in total. The number of fused-ring (bicyclic) bond motifs is 1. The van der Waals surface area contributed by atoms with Crippen molar-refractivity contribution < 1.29 is 14.3 Å². The molecule has 0 saturated heterocycles. The van der Waals surface area contributed by atoms with Crippen molar-refractivity contribution in [3.8, 4) is 17.1 Å². The number of amides is 2. The highest BCUT2D eigenvalue weighted by molar-refractivity contribution is 6.06. The topological polar surface area (TPSA) is 98.1 Å². The number of benzene rings is 2. The number of rotatable bonds is 3. The zero-order valence-electron chi connectivity index (χ0n) is 13.9. The average Bonchev–Trinajstić information content (AvgIpc) is 3.08. The van der Waals surface area contributed by atoms with Crippen molar-refractivity contribution in [2.45, 2.75) is 0 Å². The summed E-state index contributed by atoms with van der Waals surface area (Å²) in [4.78, 5) is 28.2. The van der Waals surface area contributed by atoms with Crippen LogP contribution in [-0.4, -0.2) is 33.2 Å². The van der Waals surface area contributed by atoms with Gasteiger partial charge in [-0.05, 0) is 30.3 Å². The van der Waals surface area contributed by atoms with Gasteiger partial charge >= 0.3 is 0 Å². The van der Waals surface area contributed by atoms with Gasteiger partial charge in [0, 0.05) is 23.9 Å². The first-order valence-corrected chi connectivity index (χ1v) is 7.92. The molecule has 0 spiro atoms. The second kappa shape index (κ2) is 6.32. The van der Waals surface area contributed by atoms with Crippen LogP contribution in [0.5, 0.6) is 5.75 Å². The van der Waals surface area contributed by atoms with E-state index >= 15 is 0 Å². The van der Waals surface area contributed by atoms with Gasteiger partial charge in [-0.3, -0.25) is 14.3 Å². The van der Waals surface area contributed by atoms with Crippen molar-refractivity contribution in [1.82, 2.24) is 14.8 Å². The Morgan fingerprint density at radius 3 is 2.96 bits per heavy atom. The summed E-state index contributed by atoms with van der Waals surface area (Å²) in [6, 6.07) is 12.2. The second-order valence-corrected chi connectivity index (χ2v) is 5.82. The number of aryl methyl sites for hydroxylation is 1. The van der Waals surface area contributed by atoms with Gasteiger partial charge in [-0.1, -0.05) is 12.1 Å². The molecule has 2 aromatic carbocycles. The lowest BCUT2D eigenvalue weighted by Gasteiger charge is -2.18. The molecule has 0 unspecified atom stereocenters. The Balaban J connectivity index is 1.55. The molecule has 1 aliphatic rings. The summed E-state index contributed by atoms with van der Waals surface area (Å²) < 4.78 is 6.91. The molecule has 130 valence electrons. The third kappa shape index (κ3) is 3.12. The quantitative estimate of drug-likeness (QED) is 0.754. The maximum absolute atomic E-state index is 12.5. The molecular formula is C18H15N5O3. The third-order valence-electron chi connectivity index (χ3n) is 3.85. The van der Waals surface area contributed by atoms with Crippen LogP contribution in [0.15, 0.2) is 48.8 Å². The highest BCUT2D eigenvalue weighted by Gasteiger charge is 2.18. The smallest absolute Gasteiger partial charge is 0.262 e. The minimum atomic E-state index is -0.293. The molecular weight excluding hydrogens is 334 g/mol. The van der Waals surface area contributed by atoms with Crippen LogP contribution in [0.2, 0.25) is 0 Å². The average molecular weight is 349 g/mol. The Morgan fingerprint density at radius 2 is 2.15 bits per heavy atom. The van der Waals surface area contributed by atoms with E-state index in [0.717, 1.165) is 5.56 Å². The van der Waals surface area contributed by atoms with E-state index in [1.165, 1.54) is 0 Å². The molecule has 0 atom stereocenters. The van der Waals surface area contributed by atoms with E-state index in [1.807, 2.05) is 12.1 Å². The fraction of sp³-hybridized carbons (Fsp3) is 0.111. The molecule has 26 heavy (non-hydrogen) atoms. The van der Waals surface area contributed by atoms with Gasteiger partial charge in [0.15, 0.2) is 12.4 Å². The van der Waals surface area contributed by atoms with Gasteiger partial charge in [0.05, 0.1) is 5.69 Å². The van der Waals surface area contributed by atoms with Crippen LogP contribution in [0.3, 0.4) is 0 Å². The summed E-state index contributed by atoms with van der Waals surface area (Å²) in [6.45, 7) is -0.0209. The summed E-state index contributed by atoms with van der Waals surface area (Å²) in [7, 11) is 1.79. The number of aromatic nitrogens is 3. The molecule has 1 aromatic heterocycles. The van der Waals surface area contributed by atoms with Crippen molar-refractivity contribution in [3.05, 3.63) is 54.4 Å². The highest BCUT2D eigenvalue weighted by atomic mass is 16.5. The molecule has 0 bridgehead atoms. The number of carbonyl (C=O) groups excluding carboxylic acids is 2. The van der Waals surface area contributed by atoms with E-state index in [-0.39, 0.29) is 18.4 Å². The van der Waals surface area contributed by atoms with Gasteiger partial charge < -0.3 is 15.4 Å². The predicted octanol–water partition coefficient (Wildman–Crippen LogP) is 2.07. The van der Waals surface area contributed by atoms with Crippen LogP contribution in [0.25, 0.3) is 11.4 Å². The van der Waals surface area contributed by atoms with Crippen LogP contribution < -0.4 is 15.4 Å². The minimum Gasteiger partial charge on any atom is -0.482 e. The Bertz CT molecular complexity index is 1010. The number of hydrogen-bond acceptors (Lipinski definition) is 5. The summed E-state index contributed by atoms with van der Waals surface area (Å²) in [5, 5.41) is 9.78. The summed E-state index contributed by atoms with van der Waals surface area (Å²) in [5.74, 6) is 0.589. The number of hydrogen-bond donors (Lipinski definition) is 2. The Kier molecular flexibility index (Phi) is 3.85. The number of carbonyl (C=O) groups is 2. The van der Waals surface area contributed by atoms with Gasteiger partial charge in [0.1, 0.15) is 12.1 Å². The molecule has 4 rings (SSSR count). The van der Waals surface area contributed by atoms with E-state index in [9.17, 15) is 9.59 Å². The molecule has 0 fully saturated rings. The lowest BCUT2D eigenvalue weighted by molar-refractivity contribution is -0.118. The third-order valence-corrected chi connectivity index (χ3v) is 3.85. The summed E-state index contributed by atoms with van der Waals surface area (Å²) in [5.41, 5.74) is 2.32. The maximum atomic E-state index is 12.5. The van der Waals surface area contributed by atoms with Gasteiger partial charge in [-0.15, -0.1) is 0 Å². The van der Waals surface area contributed by atoms with Gasteiger partial charge in [-0.25, -0.2) is 4.98 Å². The molecule has 8 heteroatoms. The maximum Gasteiger partial charge on any atom is 0.262 e. The van der Waals surface area contributed by atoms with Crippen molar-refractivity contribution in [1.29, 1.82) is 0 Å². The number of anilines is 2. The summed E-state index contributed by atoms with van der Waals surface area (Å²) >= 11 is 0. The van der Waals surface area contributed by atoms with Crippen molar-refractivity contribution in [2.75, 3.05) is 17.2 Å². The van der Waals surface area contributed by atoms with E-state index < -0.39 is 0 Å². The zero-order chi connectivity index (χ0) is 18.1. The van der Waals surface area contributed by atoms with E-state index in [4.69, 9.17) is 4.74 Å². The first kappa shape index (κ1) is 15.8. The SMILES string of the molecule is Cn1cnc(-c2cccc(NC(=O)c3ccc4c(c3)NC(=O)CO4)c2)n1. The molecule has 3 aromatic rings. The lowest BCUT2D eigenvalue weighted by Crippen LogP contribution is -2.25. The predicted molar refractivity (Wildman–Crippen MR) is 95.0 cm³/mol. The first-order valence-electron chi connectivity index (χ1n) is 7.92. The van der Waals surface area contributed by atoms with Crippen molar-refractivity contribution >= 4 is 23.2 Å². The Morgan fingerprint density at radius 1 is 1.27 bits per heavy atom. The Hall–Kier alpha value is -3.68. The van der Waals surface area contributed by atoms with Crippen LogP contribution in [0.4, 0.5) is 11.4 Å². The minimum absolute atomic E-state index is 0.0209. The Labute approximate surface area is 148 Å². The first-order chi connectivity index (χ1) is 12.6. The van der Waals surface area contributed by atoms with Crippen molar-refractivity contribution in [3.63, 3.8) is 0 Å². The normalized spacial score (nSPS) is 12.7. The van der Waals surface area contributed by atoms with Gasteiger partial charge in [0.2, 0.25) is 0 Å². The molecule has 0 saturated carbocycles. The molecule has 2 N–H and O–H groups in total. The molecule has 2 heterocycles. The lowest BCUT2D eigenvalue weighted by atomic mass is 10.1. The van der Waals surface area contributed by atoms with Gasteiger partial charge in [-0.2, -0.15) is 5.10 Å². The molecule has 0 aliphatic carbocycles. The fourth-order valence-corrected chi connectivity index (χ4v) is 2.64. The summed E-state index contributed by atoms with van der Waals surface area (Å²) in [6.07, 6.45) is 1.62. The standard InChI is InChI=1S/C18H15N5O3/c1-23-10-19-17(22-23)11-3-2-4-13(7-11)20-18(25)12-5-6-15-14(8-12)21-16(24)9-26-15/h2-8,10H,9H2,1H3,(H,20,25)(H,21,24).